The van der Waals surface area contributed by atoms with Gasteiger partial charge in [0.25, 0.3) is 0 Å². The van der Waals surface area contributed by atoms with Gasteiger partial charge in [-0.25, -0.2) is 0 Å². The van der Waals surface area contributed by atoms with Gasteiger partial charge < -0.3 is 5.48 Å². The highest BCUT2D eigenvalue weighted by Gasteiger charge is 1.00. The van der Waals surface area contributed by atoms with Gasteiger partial charge in [0.05, 0.1) is 0 Å². The van der Waals surface area contributed by atoms with Crippen molar-refractivity contribution in [3.63, 3.8) is 0 Å². The number of rotatable bonds is 0. The molecule has 0 aliphatic rings. The summed E-state index contributed by atoms with van der Waals surface area (Å²) in [6.45, 7) is 0. The number of hydrogen-bond donors (Lipinski definition) is 0. The van der Waals surface area contributed by atoms with Crippen LogP contribution in [0, 0.1) is 0 Å². The summed E-state index contributed by atoms with van der Waals surface area (Å²) in [7, 11) is 0. The van der Waals surface area contributed by atoms with Crippen LogP contribution in [0.1, 0.15) is 22.3 Å². The molecule has 0 aliphatic carbocycles. The first-order chi connectivity index (χ1) is 1.00. The Morgan fingerprint density at radius 1 is 0.625 bits per heavy atom. The van der Waals surface area contributed by atoms with Crippen LogP contribution in [0.25, 0.3) is 0 Å². The Hall–Kier alpha value is 1.88. The van der Waals surface area contributed by atoms with Crippen LogP contribution in [-0.4, -0.2) is 5.48 Å². The van der Waals surface area contributed by atoms with E-state index in [1.165, 1.54) is 0 Å². The third kappa shape index (κ3) is 106. The van der Waals surface area contributed by atoms with Gasteiger partial charge in [-0.2, -0.15) is 0 Å². The predicted molar refractivity (Wildman–Crippen MR) is 62.3 cm³/mol. The Kier molecular flexibility index (Phi) is 1830. The highest BCUT2D eigenvalue weighted by molar-refractivity contribution is 9.93. The third-order valence-electron chi connectivity index (χ3n) is 0. The van der Waals surface area contributed by atoms with Crippen LogP contribution in [0.15, 0.2) is 0 Å². The van der Waals surface area contributed by atoms with Crippen molar-refractivity contribution in [2.24, 2.45) is 0 Å². The minimum absolute atomic E-state index is 0. The molecule has 0 radical (unpaired) electrons. The van der Waals surface area contributed by atoms with Crippen LogP contribution in [0.5, 0.6) is 0 Å². The van der Waals surface area contributed by atoms with Crippen molar-refractivity contribution in [3.05, 3.63) is 0 Å². The smallest absolute Gasteiger partial charge is 0 e. The Labute approximate surface area is 89.3 Å². The molecule has 1 nitrogen and oxygen atoms in total. The monoisotopic (exact) mass is 384 g/mol. The van der Waals surface area contributed by atoms with Crippen LogP contribution < -0.4 is 0 Å². The fourth-order valence-corrected chi connectivity index (χ4v) is 0. The molecule has 62 valence electrons. The lowest BCUT2D eigenvalue weighted by atomic mass is 12.0. The van der Waals surface area contributed by atoms with Crippen molar-refractivity contribution in [3.8, 4) is 0 Å². The van der Waals surface area contributed by atoms with Crippen molar-refractivity contribution in [2.45, 2.75) is 22.3 Å². The van der Waals surface area contributed by atoms with E-state index in [1.807, 2.05) is 0 Å². The molecule has 0 aromatic carbocycles. The molecule has 0 heterocycles. The van der Waals surface area contributed by atoms with E-state index < -0.39 is 0 Å². The molecule has 0 saturated heterocycles. The van der Waals surface area contributed by atoms with Gasteiger partial charge in [-0.05, 0) is 0 Å². The van der Waals surface area contributed by atoms with Crippen molar-refractivity contribution < 1.29 is 5.48 Å². The molecule has 5 heteroatoms. The lowest BCUT2D eigenvalue weighted by Crippen LogP contribution is -0.289. The molecule has 8 heavy (non-hydrogen) atoms. The minimum atomic E-state index is 0. The quantitative estimate of drug-likeness (QED) is 0.603. The summed E-state index contributed by atoms with van der Waals surface area (Å²) in [6.07, 6.45) is 0. The van der Waals surface area contributed by atoms with Crippen molar-refractivity contribution >= 4 is 62.2 Å². The zero-order chi connectivity index (χ0) is 2.00. The zero-order valence-electron chi connectivity index (χ0n) is 2.07. The second-order valence-electron chi connectivity index (χ2n) is 0. The van der Waals surface area contributed by atoms with Crippen molar-refractivity contribution in [1.29, 1.82) is 0 Å². The second-order valence-corrected chi connectivity index (χ2v) is 0. The standard InChI is InChI=1S/3CH4.Br2.2BrH.H2O/c;;;1-2;;;/h3*1H4;;2*1H;1H2. The van der Waals surface area contributed by atoms with E-state index >= 15 is 0 Å². The topological polar surface area (TPSA) is 31.5 Å². The highest BCUT2D eigenvalue weighted by Crippen LogP contribution is 1.85. The van der Waals surface area contributed by atoms with Gasteiger partial charge in [-0.3, -0.25) is 0 Å². The molecular weight excluding hydrogens is 372 g/mol. The molecule has 0 bridgehead atoms. The molecule has 2 N–H and O–H groups in total. The third-order valence-corrected chi connectivity index (χ3v) is 0. The molecule has 0 unspecified atom stereocenters. The highest BCUT2D eigenvalue weighted by atomic mass is 80.9. The van der Waals surface area contributed by atoms with Gasteiger partial charge in [0.1, 0.15) is 0 Å². The summed E-state index contributed by atoms with van der Waals surface area (Å²) >= 11 is 5.50. The fourth-order valence-electron chi connectivity index (χ4n) is 0. The Balaban J connectivity index is -0.000000000333. The van der Waals surface area contributed by atoms with E-state index in [1.54, 1.807) is 0 Å². The minimum Gasteiger partial charge on any atom is -0.412 e. The van der Waals surface area contributed by atoms with Gasteiger partial charge in [0.2, 0.25) is 0 Å². The molecule has 0 spiro atoms. The van der Waals surface area contributed by atoms with E-state index in [0.717, 1.165) is 0 Å². The Morgan fingerprint density at radius 3 is 0.625 bits per heavy atom. The number of hydrogen-bond acceptors (Lipinski definition) is 0. The molecule has 0 amide bonds. The van der Waals surface area contributed by atoms with Gasteiger partial charge in [-0.15, -0.1) is 34.0 Å². The average Bonchev–Trinajstić information content (AvgIpc) is 1.00. The fraction of sp³-hybridized carbons (Fsp3) is 1.00. The molecule has 0 aromatic heterocycles. The van der Waals surface area contributed by atoms with Crippen LogP contribution in [-0.2, 0) is 0 Å². The summed E-state index contributed by atoms with van der Waals surface area (Å²) in [5.74, 6) is 0. The Morgan fingerprint density at radius 2 is 0.625 bits per heavy atom. The molecule has 0 rings (SSSR count). The maximum Gasteiger partial charge on any atom is 0 e. The van der Waals surface area contributed by atoms with Crippen molar-refractivity contribution in [2.75, 3.05) is 0 Å². The largest absolute Gasteiger partial charge is 0.412 e. The van der Waals surface area contributed by atoms with Gasteiger partial charge in [0, 0.05) is 28.3 Å². The summed E-state index contributed by atoms with van der Waals surface area (Å²) < 4.78 is 0. The zero-order valence-corrected chi connectivity index (χ0v) is 8.67. The normalized spacial score (nSPS) is 0.750. The maximum atomic E-state index is 2.75. The number of halogens is 4. The van der Waals surface area contributed by atoms with Crippen LogP contribution in [0.3, 0.4) is 0 Å². The first-order valence-electron chi connectivity index (χ1n) is 0.143. The van der Waals surface area contributed by atoms with E-state index in [0.29, 0.717) is 0 Å². The molecular formula is C3H16Br4O. The summed E-state index contributed by atoms with van der Waals surface area (Å²) in [5.41, 5.74) is 0. The SMILES string of the molecule is Br.Br.BrBr.C.C.C.O. The lowest BCUT2D eigenvalue weighted by Gasteiger charge is -1.000. The van der Waals surface area contributed by atoms with E-state index in [2.05, 4.69) is 28.3 Å². The molecule has 0 saturated carbocycles. The van der Waals surface area contributed by atoms with Crippen LogP contribution in [0.2, 0.25) is 0 Å². The van der Waals surface area contributed by atoms with Gasteiger partial charge in [-0.1, -0.05) is 22.3 Å². The first-order valence-corrected chi connectivity index (χ1v) is 3.86. The van der Waals surface area contributed by atoms with Crippen LogP contribution >= 0.6 is 62.2 Å². The summed E-state index contributed by atoms with van der Waals surface area (Å²) in [5, 5.41) is 0. The average molecular weight is 388 g/mol. The van der Waals surface area contributed by atoms with E-state index in [4.69, 9.17) is 0 Å². The Bertz CT molecular complexity index is 11.2. The van der Waals surface area contributed by atoms with Crippen molar-refractivity contribution in [1.82, 2.24) is 0 Å². The van der Waals surface area contributed by atoms with Crippen LogP contribution in [0.4, 0.5) is 0 Å². The summed E-state index contributed by atoms with van der Waals surface area (Å²) in [6, 6.07) is 0. The van der Waals surface area contributed by atoms with Gasteiger partial charge in [0.15, 0.2) is 0 Å². The molecule has 0 aromatic rings. The van der Waals surface area contributed by atoms with Gasteiger partial charge >= 0.3 is 0 Å². The van der Waals surface area contributed by atoms with E-state index in [9.17, 15) is 0 Å². The predicted octanol–water partition coefficient (Wildman–Crippen LogP) is 3.93. The summed E-state index contributed by atoms with van der Waals surface area (Å²) in [4.78, 5) is 0. The first kappa shape index (κ1) is 93.9. The molecule has 0 atom stereocenters. The van der Waals surface area contributed by atoms with E-state index in [-0.39, 0.29) is 61.7 Å². The molecule has 0 fully saturated rings. The lowest BCUT2D eigenvalue weighted by molar-refractivity contribution is 0.824. The maximum absolute atomic E-state index is 2.75. The molecule has 0 aliphatic heterocycles. The second kappa shape index (κ2) is 156.